The summed E-state index contributed by atoms with van der Waals surface area (Å²) >= 11 is 0. The van der Waals surface area contributed by atoms with E-state index < -0.39 is 0 Å². The van der Waals surface area contributed by atoms with Gasteiger partial charge in [0.2, 0.25) is 0 Å². The van der Waals surface area contributed by atoms with Crippen molar-refractivity contribution in [1.29, 1.82) is 0 Å². The minimum Gasteiger partial charge on any atom is -0.366 e. The molecule has 0 saturated carbocycles. The van der Waals surface area contributed by atoms with Crippen molar-refractivity contribution in [2.45, 2.75) is 25.9 Å². The van der Waals surface area contributed by atoms with Gasteiger partial charge in [-0.05, 0) is 43.4 Å². The predicted octanol–water partition coefficient (Wildman–Crippen LogP) is 1.92. The molecule has 0 amide bonds. The molecule has 1 unspecified atom stereocenters. The van der Waals surface area contributed by atoms with Gasteiger partial charge >= 0.3 is 0 Å². The van der Waals surface area contributed by atoms with E-state index in [0.717, 1.165) is 25.1 Å². The van der Waals surface area contributed by atoms with Crippen molar-refractivity contribution in [2.75, 3.05) is 6.61 Å². The minimum absolute atomic E-state index is 0.123. The monoisotopic (exact) mass is 187 g/mol. The summed E-state index contributed by atoms with van der Waals surface area (Å²) in [7, 11) is 0. The Balaban J connectivity index is 2.08. The van der Waals surface area contributed by atoms with Crippen LogP contribution in [0.4, 0.5) is 0 Å². The number of hydrogen-bond donors (Lipinski definition) is 0. The van der Waals surface area contributed by atoms with Crippen LogP contribution in [0.5, 0.6) is 0 Å². The highest BCUT2D eigenvalue weighted by Gasteiger charge is 2.11. The Labute approximate surface area is 84.3 Å². The molecule has 1 atom stereocenters. The molecule has 1 fully saturated rings. The summed E-state index contributed by atoms with van der Waals surface area (Å²) in [4.78, 5) is 4.17. The fourth-order valence-corrected chi connectivity index (χ4v) is 1.45. The first-order valence-corrected chi connectivity index (χ1v) is 4.90. The molecule has 1 aliphatic rings. The lowest BCUT2D eigenvalue weighted by Crippen LogP contribution is -1.99. The van der Waals surface area contributed by atoms with Crippen molar-refractivity contribution in [1.82, 2.24) is 4.98 Å². The molecule has 1 aliphatic heterocycles. The number of hydrogen-bond acceptors (Lipinski definition) is 2. The van der Waals surface area contributed by atoms with Crippen molar-refractivity contribution in [3.05, 3.63) is 29.6 Å². The standard InChI is InChI=1S/C12H13NO/c1-10-6-7-13-11(9-10)4-5-12-3-2-8-14-12/h6-7,9,12H,2-3,8H2,1H3. The van der Waals surface area contributed by atoms with Gasteiger partial charge in [0.05, 0.1) is 0 Å². The van der Waals surface area contributed by atoms with Crippen molar-refractivity contribution >= 4 is 0 Å². The highest BCUT2D eigenvalue weighted by molar-refractivity contribution is 5.31. The summed E-state index contributed by atoms with van der Waals surface area (Å²) in [6, 6.07) is 3.96. The zero-order chi connectivity index (χ0) is 9.80. The summed E-state index contributed by atoms with van der Waals surface area (Å²) in [6.07, 6.45) is 4.09. The number of rotatable bonds is 0. The summed E-state index contributed by atoms with van der Waals surface area (Å²) < 4.78 is 5.40. The van der Waals surface area contributed by atoms with Crippen LogP contribution in [0.1, 0.15) is 24.1 Å². The Morgan fingerprint density at radius 1 is 1.57 bits per heavy atom. The maximum atomic E-state index is 5.40. The zero-order valence-corrected chi connectivity index (χ0v) is 8.29. The number of ether oxygens (including phenoxy) is 1. The van der Waals surface area contributed by atoms with Crippen molar-refractivity contribution in [3.63, 3.8) is 0 Å². The van der Waals surface area contributed by atoms with Crippen LogP contribution in [0.3, 0.4) is 0 Å². The molecule has 0 N–H and O–H groups in total. The quantitative estimate of drug-likeness (QED) is 0.579. The van der Waals surface area contributed by atoms with Gasteiger partial charge in [0, 0.05) is 12.8 Å². The smallest absolute Gasteiger partial charge is 0.118 e. The van der Waals surface area contributed by atoms with Gasteiger partial charge < -0.3 is 4.74 Å². The second-order valence-electron chi connectivity index (χ2n) is 3.49. The third kappa shape index (κ3) is 2.34. The van der Waals surface area contributed by atoms with E-state index in [-0.39, 0.29) is 6.10 Å². The van der Waals surface area contributed by atoms with Gasteiger partial charge in [-0.2, -0.15) is 0 Å². The largest absolute Gasteiger partial charge is 0.366 e. The van der Waals surface area contributed by atoms with Gasteiger partial charge in [-0.25, -0.2) is 4.98 Å². The molecule has 0 bridgehead atoms. The minimum atomic E-state index is 0.123. The fraction of sp³-hybridized carbons (Fsp3) is 0.417. The van der Waals surface area contributed by atoms with Crippen LogP contribution in [-0.4, -0.2) is 17.7 Å². The molecule has 1 aromatic heterocycles. The topological polar surface area (TPSA) is 22.1 Å². The Kier molecular flexibility index (Phi) is 2.81. The fourth-order valence-electron chi connectivity index (χ4n) is 1.45. The van der Waals surface area contributed by atoms with Gasteiger partial charge in [0.25, 0.3) is 0 Å². The maximum absolute atomic E-state index is 5.40. The lowest BCUT2D eigenvalue weighted by molar-refractivity contribution is 0.152. The molecule has 2 rings (SSSR count). The van der Waals surface area contributed by atoms with E-state index in [1.54, 1.807) is 6.20 Å². The first-order chi connectivity index (χ1) is 6.84. The lowest BCUT2D eigenvalue weighted by Gasteiger charge is -1.97. The Hall–Kier alpha value is -1.33. The van der Waals surface area contributed by atoms with E-state index in [4.69, 9.17) is 4.74 Å². The van der Waals surface area contributed by atoms with E-state index in [2.05, 4.69) is 16.8 Å². The number of nitrogens with zero attached hydrogens (tertiary/aromatic N) is 1. The molecule has 2 heterocycles. The van der Waals surface area contributed by atoms with E-state index >= 15 is 0 Å². The summed E-state index contributed by atoms with van der Waals surface area (Å²) in [5.74, 6) is 6.13. The van der Waals surface area contributed by atoms with Gasteiger partial charge in [0.15, 0.2) is 0 Å². The summed E-state index contributed by atoms with van der Waals surface area (Å²) in [5.41, 5.74) is 2.03. The van der Waals surface area contributed by atoms with E-state index in [0.29, 0.717) is 0 Å². The molecular formula is C12H13NO. The Bertz CT molecular complexity index is 369. The normalized spacial score (nSPS) is 20.2. The molecule has 2 heteroatoms. The summed E-state index contributed by atoms with van der Waals surface area (Å²) in [6.45, 7) is 2.89. The predicted molar refractivity (Wildman–Crippen MR) is 54.8 cm³/mol. The first-order valence-electron chi connectivity index (χ1n) is 4.90. The molecule has 2 nitrogen and oxygen atoms in total. The lowest BCUT2D eigenvalue weighted by atomic mass is 10.2. The highest BCUT2D eigenvalue weighted by atomic mass is 16.5. The molecule has 0 spiro atoms. The van der Waals surface area contributed by atoms with E-state index in [9.17, 15) is 0 Å². The molecule has 1 aromatic rings. The average Bonchev–Trinajstić information content (AvgIpc) is 2.67. The first kappa shape index (κ1) is 9.23. The van der Waals surface area contributed by atoms with Gasteiger partial charge in [-0.1, -0.05) is 5.92 Å². The molecule has 0 aromatic carbocycles. The second-order valence-corrected chi connectivity index (χ2v) is 3.49. The molecule has 0 radical (unpaired) electrons. The van der Waals surface area contributed by atoms with Crippen LogP contribution < -0.4 is 0 Å². The second kappa shape index (κ2) is 4.26. The van der Waals surface area contributed by atoms with Crippen molar-refractivity contribution in [3.8, 4) is 11.8 Å². The third-order valence-electron chi connectivity index (χ3n) is 2.21. The van der Waals surface area contributed by atoms with Crippen LogP contribution >= 0.6 is 0 Å². The molecule has 1 saturated heterocycles. The average molecular weight is 187 g/mol. The molecule has 0 aliphatic carbocycles. The van der Waals surface area contributed by atoms with Crippen LogP contribution in [0.15, 0.2) is 18.3 Å². The number of pyridine rings is 1. The zero-order valence-electron chi connectivity index (χ0n) is 8.29. The van der Waals surface area contributed by atoms with Crippen LogP contribution in [0.25, 0.3) is 0 Å². The maximum Gasteiger partial charge on any atom is 0.118 e. The molecule has 72 valence electrons. The van der Waals surface area contributed by atoms with E-state index in [1.807, 2.05) is 19.1 Å². The summed E-state index contributed by atoms with van der Waals surface area (Å²) in [5, 5.41) is 0. The SMILES string of the molecule is Cc1ccnc(C#CC2CCCO2)c1. The Morgan fingerprint density at radius 3 is 3.21 bits per heavy atom. The van der Waals surface area contributed by atoms with E-state index in [1.165, 1.54) is 5.56 Å². The van der Waals surface area contributed by atoms with Gasteiger partial charge in [-0.15, -0.1) is 0 Å². The molecular weight excluding hydrogens is 174 g/mol. The van der Waals surface area contributed by atoms with Gasteiger partial charge in [-0.3, -0.25) is 0 Å². The van der Waals surface area contributed by atoms with Crippen LogP contribution in [-0.2, 0) is 4.74 Å². The number of aryl methyl sites for hydroxylation is 1. The van der Waals surface area contributed by atoms with Crippen LogP contribution in [0.2, 0.25) is 0 Å². The van der Waals surface area contributed by atoms with Crippen molar-refractivity contribution < 1.29 is 4.74 Å². The van der Waals surface area contributed by atoms with Crippen molar-refractivity contribution in [2.24, 2.45) is 0 Å². The Morgan fingerprint density at radius 2 is 2.50 bits per heavy atom. The highest BCUT2D eigenvalue weighted by Crippen LogP contribution is 2.10. The number of aromatic nitrogens is 1. The van der Waals surface area contributed by atoms with Crippen LogP contribution in [0, 0.1) is 18.8 Å². The third-order valence-corrected chi connectivity index (χ3v) is 2.21. The molecule has 14 heavy (non-hydrogen) atoms. The van der Waals surface area contributed by atoms with Gasteiger partial charge in [0.1, 0.15) is 11.8 Å².